The van der Waals surface area contributed by atoms with Gasteiger partial charge in [0.2, 0.25) is 0 Å². The van der Waals surface area contributed by atoms with Gasteiger partial charge in [-0.3, -0.25) is 4.79 Å². The molecule has 0 aliphatic carbocycles. The van der Waals surface area contributed by atoms with E-state index in [1.807, 2.05) is 25.1 Å². The van der Waals surface area contributed by atoms with Crippen LogP contribution in [-0.2, 0) is 4.74 Å². The first-order chi connectivity index (χ1) is 12.2. The maximum absolute atomic E-state index is 13.9. The van der Waals surface area contributed by atoms with Crippen LogP contribution < -0.4 is 10.2 Å². The first-order valence-corrected chi connectivity index (χ1v) is 8.69. The lowest BCUT2D eigenvalue weighted by Gasteiger charge is -2.35. The van der Waals surface area contributed by atoms with E-state index >= 15 is 0 Å². The van der Waals surface area contributed by atoms with Crippen molar-refractivity contribution in [3.05, 3.63) is 71.5 Å². The molecule has 1 aliphatic rings. The summed E-state index contributed by atoms with van der Waals surface area (Å²) >= 11 is 0. The third kappa shape index (κ3) is 4.24. The maximum Gasteiger partial charge on any atom is 0.254 e. The van der Waals surface area contributed by atoms with Crippen molar-refractivity contribution in [2.45, 2.75) is 19.0 Å². The fraction of sp³-hybridized carbons (Fsp3) is 0.350. The van der Waals surface area contributed by atoms with Crippen molar-refractivity contribution in [1.29, 1.82) is 0 Å². The summed E-state index contributed by atoms with van der Waals surface area (Å²) in [6, 6.07) is 16.2. The van der Waals surface area contributed by atoms with Gasteiger partial charge >= 0.3 is 0 Å². The van der Waals surface area contributed by atoms with Gasteiger partial charge in [0.05, 0.1) is 24.8 Å². The predicted molar refractivity (Wildman–Crippen MR) is 94.0 cm³/mol. The van der Waals surface area contributed by atoms with Gasteiger partial charge < -0.3 is 15.0 Å². The lowest BCUT2D eigenvalue weighted by molar-refractivity contribution is -0.940. The number of ether oxygens (including phenoxy) is 1. The summed E-state index contributed by atoms with van der Waals surface area (Å²) in [7, 11) is 0. The van der Waals surface area contributed by atoms with E-state index in [4.69, 9.17) is 4.74 Å². The Bertz CT molecular complexity index is 702. The number of benzene rings is 2. The predicted octanol–water partition coefficient (Wildman–Crippen LogP) is 1.60. The van der Waals surface area contributed by atoms with Gasteiger partial charge in [-0.15, -0.1) is 0 Å². The number of carbonyl (C=O) groups excluding carboxylic acids is 1. The van der Waals surface area contributed by atoms with Crippen LogP contribution in [0.25, 0.3) is 0 Å². The Morgan fingerprint density at radius 1 is 1.08 bits per heavy atom. The molecule has 5 heteroatoms. The lowest BCUT2D eigenvalue weighted by atomic mass is 9.97. The largest absolute Gasteiger partial charge is 0.370 e. The number of nitrogens with one attached hydrogen (secondary N) is 2. The van der Waals surface area contributed by atoms with Gasteiger partial charge in [-0.2, -0.15) is 0 Å². The molecule has 1 saturated heterocycles. The van der Waals surface area contributed by atoms with Crippen LogP contribution in [-0.4, -0.2) is 38.3 Å². The smallest absolute Gasteiger partial charge is 0.254 e. The van der Waals surface area contributed by atoms with E-state index in [0.717, 1.165) is 13.1 Å². The maximum atomic E-state index is 13.9. The van der Waals surface area contributed by atoms with E-state index in [2.05, 4.69) is 17.4 Å². The molecular weight excluding hydrogens is 319 g/mol. The molecule has 0 unspecified atom stereocenters. The molecule has 132 valence electrons. The Morgan fingerprint density at radius 2 is 1.72 bits per heavy atom. The summed E-state index contributed by atoms with van der Waals surface area (Å²) in [4.78, 5) is 13.9. The third-order valence-electron chi connectivity index (χ3n) is 4.71. The van der Waals surface area contributed by atoms with Crippen molar-refractivity contribution in [3.63, 3.8) is 0 Å². The molecule has 0 bridgehead atoms. The molecule has 3 rings (SSSR count). The summed E-state index contributed by atoms with van der Waals surface area (Å²) < 4.78 is 19.4. The van der Waals surface area contributed by atoms with Gasteiger partial charge in [-0.05, 0) is 19.1 Å². The Labute approximate surface area is 147 Å². The van der Waals surface area contributed by atoms with Crippen LogP contribution in [0.1, 0.15) is 28.9 Å². The summed E-state index contributed by atoms with van der Waals surface area (Å²) in [5.41, 5.74) is 1.25. The Hall–Kier alpha value is -2.24. The number of rotatable bonds is 5. The first kappa shape index (κ1) is 17.6. The number of carbonyl (C=O) groups is 1. The van der Waals surface area contributed by atoms with Crippen LogP contribution in [0.3, 0.4) is 0 Å². The molecule has 1 fully saturated rings. The third-order valence-corrected chi connectivity index (χ3v) is 4.71. The first-order valence-electron chi connectivity index (χ1n) is 8.69. The zero-order valence-electron chi connectivity index (χ0n) is 14.4. The molecule has 0 saturated carbocycles. The van der Waals surface area contributed by atoms with Gasteiger partial charge in [-0.25, -0.2) is 4.39 Å². The molecule has 1 amide bonds. The van der Waals surface area contributed by atoms with Crippen LogP contribution in [0, 0.1) is 5.82 Å². The number of amides is 1. The van der Waals surface area contributed by atoms with Gasteiger partial charge in [0.25, 0.3) is 5.91 Å². The standard InChI is InChI=1S/C20H23FN2O2/c1-15(22-20(24)17-9-5-6-10-18(17)21)19(16-7-3-2-4-8-16)23-11-13-25-14-12-23/h2-10,15,19H,11-14H2,1H3,(H,22,24)/p+1/t15-,19+/m1/s1. The average molecular weight is 343 g/mol. The second-order valence-corrected chi connectivity index (χ2v) is 6.40. The Kier molecular flexibility index (Phi) is 5.79. The number of halogens is 1. The van der Waals surface area contributed by atoms with E-state index in [0.29, 0.717) is 13.2 Å². The van der Waals surface area contributed by atoms with Gasteiger partial charge in [0.1, 0.15) is 24.9 Å². The minimum Gasteiger partial charge on any atom is -0.370 e. The minimum atomic E-state index is -0.498. The van der Waals surface area contributed by atoms with Crippen LogP contribution in [0.5, 0.6) is 0 Å². The molecule has 4 nitrogen and oxygen atoms in total. The van der Waals surface area contributed by atoms with Gasteiger partial charge in [0.15, 0.2) is 0 Å². The van der Waals surface area contributed by atoms with Gasteiger partial charge in [-0.1, -0.05) is 42.5 Å². The molecular formula is C20H24FN2O2+. The molecule has 2 N–H and O–H groups in total. The molecule has 2 aromatic rings. The second-order valence-electron chi connectivity index (χ2n) is 6.40. The van der Waals surface area contributed by atoms with E-state index in [1.54, 1.807) is 12.1 Å². The van der Waals surface area contributed by atoms with Crippen molar-refractivity contribution in [1.82, 2.24) is 5.32 Å². The summed E-state index contributed by atoms with van der Waals surface area (Å²) in [6.07, 6.45) is 0. The topological polar surface area (TPSA) is 42.8 Å². The highest BCUT2D eigenvalue weighted by Crippen LogP contribution is 2.15. The normalized spacial score (nSPS) is 17.7. The number of morpholine rings is 1. The summed E-state index contributed by atoms with van der Waals surface area (Å²) in [6.45, 7) is 5.19. The van der Waals surface area contributed by atoms with E-state index < -0.39 is 5.82 Å². The monoisotopic (exact) mass is 343 g/mol. The van der Waals surface area contributed by atoms with E-state index in [1.165, 1.54) is 22.6 Å². The van der Waals surface area contributed by atoms with Crippen LogP contribution in [0.15, 0.2) is 54.6 Å². The quantitative estimate of drug-likeness (QED) is 0.866. The van der Waals surface area contributed by atoms with Crippen molar-refractivity contribution < 1.29 is 18.8 Å². The molecule has 2 atom stereocenters. The Balaban J connectivity index is 1.80. The lowest BCUT2D eigenvalue weighted by Crippen LogP contribution is -3.15. The van der Waals surface area contributed by atoms with Gasteiger partial charge in [0, 0.05) is 5.56 Å². The molecule has 0 spiro atoms. The van der Waals surface area contributed by atoms with Crippen LogP contribution >= 0.6 is 0 Å². The van der Waals surface area contributed by atoms with E-state index in [9.17, 15) is 9.18 Å². The fourth-order valence-corrected chi connectivity index (χ4v) is 3.50. The molecule has 2 aromatic carbocycles. The molecule has 1 heterocycles. The molecule has 0 radical (unpaired) electrons. The molecule has 25 heavy (non-hydrogen) atoms. The number of hydrogen-bond acceptors (Lipinski definition) is 2. The number of hydrogen-bond donors (Lipinski definition) is 2. The van der Waals surface area contributed by atoms with Crippen LogP contribution in [0.2, 0.25) is 0 Å². The van der Waals surface area contributed by atoms with Crippen LogP contribution in [0.4, 0.5) is 4.39 Å². The van der Waals surface area contributed by atoms with E-state index in [-0.39, 0.29) is 23.6 Å². The molecule has 0 aromatic heterocycles. The zero-order valence-corrected chi connectivity index (χ0v) is 14.4. The summed E-state index contributed by atoms with van der Waals surface area (Å²) in [5, 5.41) is 2.99. The van der Waals surface area contributed by atoms with Crippen molar-refractivity contribution in [2.24, 2.45) is 0 Å². The number of quaternary nitrogens is 1. The summed E-state index contributed by atoms with van der Waals surface area (Å²) in [5.74, 6) is -0.874. The fourth-order valence-electron chi connectivity index (χ4n) is 3.50. The highest BCUT2D eigenvalue weighted by atomic mass is 19.1. The van der Waals surface area contributed by atoms with Crippen molar-refractivity contribution >= 4 is 5.91 Å². The van der Waals surface area contributed by atoms with Crippen molar-refractivity contribution in [2.75, 3.05) is 26.3 Å². The highest BCUT2D eigenvalue weighted by molar-refractivity contribution is 5.94. The SMILES string of the molecule is C[C@@H](NC(=O)c1ccccc1F)[C@@H](c1ccccc1)[NH+]1CCOCC1. The van der Waals surface area contributed by atoms with Crippen molar-refractivity contribution in [3.8, 4) is 0 Å². The minimum absolute atomic E-state index is 0.0816. The molecule has 1 aliphatic heterocycles. The average Bonchev–Trinajstić information content (AvgIpc) is 2.64. The highest BCUT2D eigenvalue weighted by Gasteiger charge is 2.32. The second kappa shape index (κ2) is 8.23. The zero-order chi connectivity index (χ0) is 17.6. The Morgan fingerprint density at radius 3 is 2.40 bits per heavy atom.